The SMILES string of the molecule is CC12c3cccc(c3)-c3ccccc3-c3c4ccccc4c(-c4ccc(-c5ccccn5)nc4)c4cc(c1cc34)-c1ccccc12. The Morgan fingerprint density at radius 3 is 1.96 bits per heavy atom. The highest BCUT2D eigenvalue weighted by Gasteiger charge is 2.42. The Balaban J connectivity index is 1.39. The zero-order valence-electron chi connectivity index (χ0n) is 25.3. The van der Waals surface area contributed by atoms with E-state index in [-0.39, 0.29) is 5.41 Å². The Morgan fingerprint density at radius 1 is 0.435 bits per heavy atom. The first-order chi connectivity index (χ1) is 22.7. The van der Waals surface area contributed by atoms with Crippen LogP contribution in [0.15, 0.2) is 152 Å². The first-order valence-electron chi connectivity index (χ1n) is 15.9. The lowest BCUT2D eigenvalue weighted by Crippen LogP contribution is -2.22. The molecule has 0 N–H and O–H groups in total. The average molecular weight is 585 g/mol. The number of hydrogen-bond acceptors (Lipinski definition) is 2. The van der Waals surface area contributed by atoms with E-state index in [1.54, 1.807) is 0 Å². The highest BCUT2D eigenvalue weighted by atomic mass is 14.8. The van der Waals surface area contributed by atoms with Gasteiger partial charge >= 0.3 is 0 Å². The van der Waals surface area contributed by atoms with Gasteiger partial charge in [-0.3, -0.25) is 9.97 Å². The zero-order chi connectivity index (χ0) is 30.4. The lowest BCUT2D eigenvalue weighted by molar-refractivity contribution is 0.715. The predicted molar refractivity (Wildman–Crippen MR) is 190 cm³/mol. The third-order valence-electron chi connectivity index (χ3n) is 10.4. The summed E-state index contributed by atoms with van der Waals surface area (Å²) in [6.07, 6.45) is 3.84. The van der Waals surface area contributed by atoms with Crippen molar-refractivity contribution in [1.82, 2.24) is 9.97 Å². The van der Waals surface area contributed by atoms with Gasteiger partial charge in [-0.2, -0.15) is 0 Å². The van der Waals surface area contributed by atoms with E-state index in [0.29, 0.717) is 0 Å². The summed E-state index contributed by atoms with van der Waals surface area (Å²) in [6.45, 7) is 2.41. The van der Waals surface area contributed by atoms with Crippen LogP contribution in [0.3, 0.4) is 0 Å². The van der Waals surface area contributed by atoms with Crippen LogP contribution in [0.25, 0.3) is 77.4 Å². The lowest BCUT2D eigenvalue weighted by atomic mass is 9.72. The summed E-state index contributed by atoms with van der Waals surface area (Å²) < 4.78 is 0. The minimum Gasteiger partial charge on any atom is -0.255 e. The van der Waals surface area contributed by atoms with E-state index in [1.807, 2.05) is 30.6 Å². The van der Waals surface area contributed by atoms with Crippen LogP contribution < -0.4 is 0 Å². The van der Waals surface area contributed by atoms with Gasteiger partial charge in [0.05, 0.1) is 11.4 Å². The zero-order valence-corrected chi connectivity index (χ0v) is 25.3. The smallest absolute Gasteiger partial charge is 0.0886 e. The molecule has 0 amide bonds. The summed E-state index contributed by atoms with van der Waals surface area (Å²) in [5.74, 6) is 0. The van der Waals surface area contributed by atoms with Crippen LogP contribution >= 0.6 is 0 Å². The van der Waals surface area contributed by atoms with Crippen LogP contribution in [0.1, 0.15) is 23.6 Å². The van der Waals surface area contributed by atoms with Gasteiger partial charge < -0.3 is 0 Å². The van der Waals surface area contributed by atoms with Gasteiger partial charge in [0.15, 0.2) is 0 Å². The van der Waals surface area contributed by atoms with E-state index >= 15 is 0 Å². The van der Waals surface area contributed by atoms with Gasteiger partial charge in [0.25, 0.3) is 0 Å². The monoisotopic (exact) mass is 584 g/mol. The summed E-state index contributed by atoms with van der Waals surface area (Å²) >= 11 is 0. The second kappa shape index (κ2) is 9.32. The van der Waals surface area contributed by atoms with Crippen LogP contribution in [0.5, 0.6) is 0 Å². The van der Waals surface area contributed by atoms with Gasteiger partial charge in [-0.05, 0) is 121 Å². The van der Waals surface area contributed by atoms with Gasteiger partial charge in [-0.15, -0.1) is 0 Å². The first kappa shape index (κ1) is 25.5. The lowest BCUT2D eigenvalue weighted by Gasteiger charge is -2.30. The Morgan fingerprint density at radius 2 is 1.15 bits per heavy atom. The maximum atomic E-state index is 4.94. The van der Waals surface area contributed by atoms with Crippen LogP contribution in [0, 0.1) is 0 Å². The second-order valence-electron chi connectivity index (χ2n) is 12.7. The number of pyridine rings is 2. The standard InChI is InChI=1S/C44H28N2/c1-44-29-12-10-11-27(23-29)30-13-2-3-15-32(30)43-34-17-5-4-16-33(34)42(28-20-21-41(46-26-28)40-19-8-9-22-45-40)36-24-35(39(44)25-37(36)43)31-14-6-7-18-38(31)44/h2-26H,1H3. The topological polar surface area (TPSA) is 25.8 Å². The van der Waals surface area contributed by atoms with Gasteiger partial charge in [0, 0.05) is 23.4 Å². The van der Waals surface area contributed by atoms with Crippen molar-refractivity contribution in [1.29, 1.82) is 0 Å². The molecule has 10 rings (SSSR count). The minimum absolute atomic E-state index is 0.280. The molecule has 0 fully saturated rings. The van der Waals surface area contributed by atoms with Crippen molar-refractivity contribution >= 4 is 21.5 Å². The van der Waals surface area contributed by atoms with Crippen molar-refractivity contribution in [3.63, 3.8) is 0 Å². The normalized spacial score (nSPS) is 15.6. The van der Waals surface area contributed by atoms with E-state index in [9.17, 15) is 0 Å². The van der Waals surface area contributed by atoms with E-state index in [4.69, 9.17) is 4.98 Å². The Bertz CT molecular complexity index is 2530. The molecule has 2 heteroatoms. The number of hydrogen-bond donors (Lipinski definition) is 0. The summed E-state index contributed by atoms with van der Waals surface area (Å²) in [6, 6.07) is 51.3. The molecule has 4 bridgehead atoms. The Hall–Kier alpha value is -5.86. The van der Waals surface area contributed by atoms with E-state index < -0.39 is 0 Å². The molecule has 0 radical (unpaired) electrons. The Labute approximate surface area is 267 Å². The quantitative estimate of drug-likeness (QED) is 0.189. The molecule has 2 aromatic heterocycles. The van der Waals surface area contributed by atoms with E-state index in [0.717, 1.165) is 17.0 Å². The highest BCUT2D eigenvalue weighted by Crippen LogP contribution is 2.57. The summed E-state index contributed by atoms with van der Waals surface area (Å²) in [4.78, 5) is 9.48. The first-order valence-corrected chi connectivity index (χ1v) is 15.9. The average Bonchev–Trinajstić information content (AvgIpc) is 3.38. The van der Waals surface area contributed by atoms with Crippen LogP contribution in [-0.4, -0.2) is 9.97 Å². The molecule has 2 heterocycles. The second-order valence-corrected chi connectivity index (χ2v) is 12.7. The Kier molecular flexibility index (Phi) is 5.16. The fourth-order valence-electron chi connectivity index (χ4n) is 8.23. The molecule has 1 unspecified atom stereocenters. The van der Waals surface area contributed by atoms with Gasteiger partial charge in [-0.1, -0.05) is 103 Å². The molecule has 8 aromatic rings. The van der Waals surface area contributed by atoms with Crippen LogP contribution in [-0.2, 0) is 5.41 Å². The number of aromatic nitrogens is 2. The van der Waals surface area contributed by atoms with Crippen molar-refractivity contribution in [2.24, 2.45) is 0 Å². The third-order valence-corrected chi connectivity index (χ3v) is 10.4. The number of benzene rings is 6. The van der Waals surface area contributed by atoms with Crippen LogP contribution in [0.2, 0.25) is 0 Å². The van der Waals surface area contributed by atoms with E-state index in [1.165, 1.54) is 77.2 Å². The van der Waals surface area contributed by atoms with Gasteiger partial charge in [0.1, 0.15) is 0 Å². The molecule has 214 valence electrons. The molecule has 2 aliphatic carbocycles. The van der Waals surface area contributed by atoms with Gasteiger partial charge in [0.2, 0.25) is 0 Å². The van der Waals surface area contributed by atoms with Crippen LogP contribution in [0.4, 0.5) is 0 Å². The van der Waals surface area contributed by atoms with Gasteiger partial charge in [-0.25, -0.2) is 0 Å². The fraction of sp³-hybridized carbons (Fsp3) is 0.0455. The molecule has 0 saturated heterocycles. The van der Waals surface area contributed by atoms with Crippen molar-refractivity contribution < 1.29 is 0 Å². The maximum Gasteiger partial charge on any atom is 0.0886 e. The predicted octanol–water partition coefficient (Wildman–Crippen LogP) is 11.1. The molecular formula is C44H28N2. The molecule has 0 aliphatic heterocycles. The molecule has 46 heavy (non-hydrogen) atoms. The largest absolute Gasteiger partial charge is 0.255 e. The molecule has 2 aliphatic rings. The van der Waals surface area contributed by atoms with E-state index in [2.05, 4.69) is 133 Å². The number of rotatable bonds is 2. The van der Waals surface area contributed by atoms with Crippen molar-refractivity contribution in [3.05, 3.63) is 169 Å². The minimum atomic E-state index is -0.280. The van der Waals surface area contributed by atoms with Crippen molar-refractivity contribution in [3.8, 4) is 55.9 Å². The fourth-order valence-corrected chi connectivity index (χ4v) is 8.23. The molecule has 0 saturated carbocycles. The van der Waals surface area contributed by atoms with Crippen molar-refractivity contribution in [2.75, 3.05) is 0 Å². The molecule has 1 atom stereocenters. The summed E-state index contributed by atoms with van der Waals surface area (Å²) in [5.41, 5.74) is 15.5. The number of fused-ring (bicyclic) bond motifs is 11. The molecule has 6 aromatic carbocycles. The molecule has 0 spiro atoms. The molecule has 2 nitrogen and oxygen atoms in total. The summed E-state index contributed by atoms with van der Waals surface area (Å²) in [7, 11) is 0. The maximum absolute atomic E-state index is 4.94. The molecular weight excluding hydrogens is 556 g/mol. The highest BCUT2D eigenvalue weighted by molar-refractivity contribution is 6.23. The summed E-state index contributed by atoms with van der Waals surface area (Å²) in [5, 5.41) is 5.00. The third kappa shape index (κ3) is 3.36. The van der Waals surface area contributed by atoms with Crippen molar-refractivity contribution in [2.45, 2.75) is 12.3 Å². The number of nitrogens with zero attached hydrogens (tertiary/aromatic N) is 2.